The molecule has 2 aromatic heterocycles. The molecule has 0 radical (unpaired) electrons. The predicted molar refractivity (Wildman–Crippen MR) is 259 cm³/mol. The third-order valence-corrected chi connectivity index (χ3v) is 11.8. The van der Waals surface area contributed by atoms with Gasteiger partial charge in [-0.1, -0.05) is 179 Å². The molecule has 7 aromatic carbocycles. The molecule has 9 rings (SSSR count). The number of benzene rings is 7. The van der Waals surface area contributed by atoms with Crippen molar-refractivity contribution in [1.29, 1.82) is 0 Å². The van der Waals surface area contributed by atoms with Gasteiger partial charge < -0.3 is 5.11 Å². The zero-order valence-electron chi connectivity index (χ0n) is 37.2. The molecule has 1 N–H and O–H groups in total. The fourth-order valence-electron chi connectivity index (χ4n) is 8.41. The van der Waals surface area contributed by atoms with Crippen molar-refractivity contribution >= 4 is 11.0 Å². The molecule has 316 valence electrons. The molecule has 0 saturated heterocycles. The van der Waals surface area contributed by atoms with Crippen LogP contribution in [0, 0.1) is 19.9 Å². The number of aryl methyl sites for hydroxylation is 2. The molecule has 63 heavy (non-hydrogen) atoms. The second-order valence-corrected chi connectivity index (χ2v) is 18.6. The number of imidazole rings is 1. The Kier molecular flexibility index (Phi) is 11.7. The number of pyridine rings is 1. The van der Waals surface area contributed by atoms with E-state index in [2.05, 4.69) is 212 Å². The second kappa shape index (κ2) is 17.1. The van der Waals surface area contributed by atoms with Crippen LogP contribution in [-0.4, -0.2) is 19.6 Å². The number of aromatic nitrogens is 3. The number of para-hydroxylation sites is 1. The van der Waals surface area contributed by atoms with Crippen LogP contribution < -0.4 is 0 Å². The maximum absolute atomic E-state index is 12.4. The summed E-state index contributed by atoms with van der Waals surface area (Å²) in [6, 6.07) is 59.4. The van der Waals surface area contributed by atoms with Crippen LogP contribution in [-0.2, 0) is 31.9 Å². The van der Waals surface area contributed by atoms with Crippen LogP contribution in [0.1, 0.15) is 63.8 Å². The van der Waals surface area contributed by atoms with Gasteiger partial charge in [-0.15, -0.1) is 23.8 Å². The number of fused-ring (bicyclic) bond motifs is 1. The molecule has 0 fully saturated rings. The number of hydrogen-bond donors (Lipinski definition) is 1. The normalized spacial score (nSPS) is 11.7. The molecule has 0 spiro atoms. The van der Waals surface area contributed by atoms with Gasteiger partial charge in [-0.05, 0) is 94.0 Å². The number of rotatable bonds is 7. The van der Waals surface area contributed by atoms with E-state index in [0.29, 0.717) is 11.4 Å². The summed E-state index contributed by atoms with van der Waals surface area (Å²) in [5, 5.41) is 12.4. The largest absolute Gasteiger partial charge is 0.507 e. The Bertz CT molecular complexity index is 3100. The van der Waals surface area contributed by atoms with E-state index in [4.69, 9.17) is 9.97 Å². The Morgan fingerprint density at radius 1 is 0.524 bits per heavy atom. The van der Waals surface area contributed by atoms with Crippen LogP contribution >= 0.6 is 0 Å². The summed E-state index contributed by atoms with van der Waals surface area (Å²) in [7, 11) is 0. The molecule has 0 unspecified atom stereocenters. The standard InChI is InChI=1S/C58H52N3O.Pt/c1-37-22-24-41(25-23-37)42-26-27-59-52(34-42)46-31-44(40-18-13-10-14-19-40)30-45(32-46)49-20-15-21-53-54(49)60-56(50-35-47(57(3,4)5)36-51(55(50)62)58(6,7)8)61(53)48-29-38(2)28-43(33-48)39-16-11-9-12-17-39;/h9-31,33-36,62H,1-8H3;/q-1;. The van der Waals surface area contributed by atoms with Gasteiger partial charge in [0.05, 0.1) is 16.6 Å². The maximum Gasteiger partial charge on any atom is 0.148 e. The van der Waals surface area contributed by atoms with E-state index in [1.165, 1.54) is 5.56 Å². The topological polar surface area (TPSA) is 50.9 Å². The van der Waals surface area contributed by atoms with Gasteiger partial charge in [0.25, 0.3) is 0 Å². The SMILES string of the molecule is Cc1ccc(-c2ccnc(-c3[c-]c(-c4cccc5c4nc(-c4cc(C(C)(C)C)cc(C(C)(C)C)c4O)n5-c4cc(C)cc(-c5ccccc5)c4)cc(-c4ccccc4)c3)c2)cc1.[Pt]. The van der Waals surface area contributed by atoms with Crippen LogP contribution in [0.2, 0.25) is 0 Å². The van der Waals surface area contributed by atoms with Crippen molar-refractivity contribution in [3.8, 4) is 78.6 Å². The molecule has 0 aliphatic rings. The van der Waals surface area contributed by atoms with E-state index < -0.39 is 0 Å². The first kappa shape index (κ1) is 43.3. The Labute approximate surface area is 386 Å². The molecule has 0 atom stereocenters. The quantitative estimate of drug-likeness (QED) is 0.162. The maximum atomic E-state index is 12.4. The van der Waals surface area contributed by atoms with Gasteiger partial charge in [-0.3, -0.25) is 9.55 Å². The van der Waals surface area contributed by atoms with Crippen molar-refractivity contribution in [1.82, 2.24) is 14.5 Å². The number of nitrogens with zero attached hydrogens (tertiary/aromatic N) is 3. The van der Waals surface area contributed by atoms with E-state index in [1.807, 2.05) is 18.3 Å². The summed E-state index contributed by atoms with van der Waals surface area (Å²) in [6.07, 6.45) is 1.89. The first-order valence-corrected chi connectivity index (χ1v) is 21.5. The van der Waals surface area contributed by atoms with Crippen molar-refractivity contribution in [2.45, 2.75) is 66.2 Å². The third-order valence-electron chi connectivity index (χ3n) is 11.8. The Balaban J connectivity index is 0.00000544. The summed E-state index contributed by atoms with van der Waals surface area (Å²) in [6.45, 7) is 17.4. The molecule has 9 aromatic rings. The van der Waals surface area contributed by atoms with E-state index in [9.17, 15) is 5.11 Å². The van der Waals surface area contributed by atoms with E-state index in [1.54, 1.807) is 0 Å². The third kappa shape index (κ3) is 8.70. The molecule has 5 heteroatoms. The van der Waals surface area contributed by atoms with Crippen molar-refractivity contribution in [2.24, 2.45) is 0 Å². The molecule has 0 aliphatic carbocycles. The molecule has 0 bridgehead atoms. The number of phenols is 1. The van der Waals surface area contributed by atoms with Gasteiger partial charge in [0, 0.05) is 44.2 Å². The molecular formula is C58H52N3OPt-. The van der Waals surface area contributed by atoms with Gasteiger partial charge in [-0.25, -0.2) is 4.98 Å². The van der Waals surface area contributed by atoms with Crippen LogP contribution in [0.3, 0.4) is 0 Å². The summed E-state index contributed by atoms with van der Waals surface area (Å²) < 4.78 is 2.24. The van der Waals surface area contributed by atoms with Crippen molar-refractivity contribution in [3.05, 3.63) is 192 Å². The van der Waals surface area contributed by atoms with Gasteiger partial charge in [0.1, 0.15) is 11.6 Å². The molecule has 4 nitrogen and oxygen atoms in total. The van der Waals surface area contributed by atoms with Gasteiger partial charge in [0.2, 0.25) is 0 Å². The minimum absolute atomic E-state index is 0. The minimum atomic E-state index is -0.319. The molecule has 2 heterocycles. The van der Waals surface area contributed by atoms with Crippen molar-refractivity contribution in [2.75, 3.05) is 0 Å². The molecule has 0 aliphatic heterocycles. The van der Waals surface area contributed by atoms with Crippen molar-refractivity contribution in [3.63, 3.8) is 0 Å². The van der Waals surface area contributed by atoms with E-state index in [0.717, 1.165) is 89.2 Å². The van der Waals surface area contributed by atoms with Crippen LogP contribution in [0.15, 0.2) is 164 Å². The summed E-state index contributed by atoms with van der Waals surface area (Å²) >= 11 is 0. The van der Waals surface area contributed by atoms with E-state index >= 15 is 0 Å². The smallest absolute Gasteiger partial charge is 0.148 e. The van der Waals surface area contributed by atoms with Gasteiger partial charge in [-0.2, -0.15) is 0 Å². The number of phenolic OH excluding ortho intramolecular Hbond substituents is 1. The predicted octanol–water partition coefficient (Wildman–Crippen LogP) is 15.1. The average molecular weight is 1000 g/mol. The first-order valence-electron chi connectivity index (χ1n) is 21.5. The number of aromatic hydroxyl groups is 1. The van der Waals surface area contributed by atoms with Crippen LogP contribution in [0.5, 0.6) is 5.75 Å². The Morgan fingerprint density at radius 3 is 1.81 bits per heavy atom. The number of hydrogen-bond acceptors (Lipinski definition) is 3. The fraction of sp³-hybridized carbons (Fsp3) is 0.172. The van der Waals surface area contributed by atoms with Crippen LogP contribution in [0.4, 0.5) is 0 Å². The fourth-order valence-corrected chi connectivity index (χ4v) is 8.41. The monoisotopic (exact) mass is 1000 g/mol. The minimum Gasteiger partial charge on any atom is -0.507 e. The molecular weight excluding hydrogens is 950 g/mol. The van der Waals surface area contributed by atoms with Gasteiger partial charge >= 0.3 is 0 Å². The summed E-state index contributed by atoms with van der Waals surface area (Å²) in [5.74, 6) is 0.928. The zero-order chi connectivity index (χ0) is 43.3. The Hall–Kier alpha value is -6.35. The van der Waals surface area contributed by atoms with Gasteiger partial charge in [0.15, 0.2) is 0 Å². The second-order valence-electron chi connectivity index (χ2n) is 18.6. The van der Waals surface area contributed by atoms with Crippen LogP contribution in [0.25, 0.3) is 83.9 Å². The first-order chi connectivity index (χ1) is 29.7. The molecule has 0 amide bonds. The summed E-state index contributed by atoms with van der Waals surface area (Å²) in [4.78, 5) is 10.5. The van der Waals surface area contributed by atoms with E-state index in [-0.39, 0.29) is 37.6 Å². The summed E-state index contributed by atoms with van der Waals surface area (Å²) in [5.41, 5.74) is 17.5. The average Bonchev–Trinajstić information content (AvgIpc) is 3.66. The molecule has 0 saturated carbocycles. The Morgan fingerprint density at radius 2 is 1.16 bits per heavy atom. The zero-order valence-corrected chi connectivity index (χ0v) is 39.5. The van der Waals surface area contributed by atoms with Crippen molar-refractivity contribution < 1.29 is 26.2 Å².